The highest BCUT2D eigenvalue weighted by Crippen LogP contribution is 2.18. The molecule has 6 N–H and O–H groups in total. The van der Waals surface area contributed by atoms with E-state index in [2.05, 4.69) is 5.32 Å². The lowest BCUT2D eigenvalue weighted by molar-refractivity contribution is -0.147. The van der Waals surface area contributed by atoms with Gasteiger partial charge in [0.15, 0.2) is 0 Å². The van der Waals surface area contributed by atoms with Crippen molar-refractivity contribution in [2.24, 2.45) is 0 Å². The smallest absolute Gasteiger partial charge is 0.317 e. The van der Waals surface area contributed by atoms with E-state index in [1.165, 1.54) is 4.90 Å². The lowest BCUT2D eigenvalue weighted by atomic mass is 10.1. The van der Waals surface area contributed by atoms with Gasteiger partial charge in [-0.25, -0.2) is 0 Å². The molecule has 0 amide bonds. The van der Waals surface area contributed by atoms with Crippen LogP contribution in [0.1, 0.15) is 18.4 Å². The average molecular weight is 555 g/mol. The maximum atomic E-state index is 11.7. The van der Waals surface area contributed by atoms with Crippen LogP contribution < -0.4 is 10.1 Å². The predicted molar refractivity (Wildman–Crippen MR) is 138 cm³/mol. The van der Waals surface area contributed by atoms with Gasteiger partial charge in [0.2, 0.25) is 0 Å². The monoisotopic (exact) mass is 554 g/mol. The molecule has 2 atom stereocenters. The van der Waals surface area contributed by atoms with E-state index in [-0.39, 0.29) is 45.6 Å². The van der Waals surface area contributed by atoms with Crippen LogP contribution in [0.5, 0.6) is 5.75 Å². The first-order chi connectivity index (χ1) is 18.5. The van der Waals surface area contributed by atoms with E-state index in [0.29, 0.717) is 37.4 Å². The Morgan fingerprint density at radius 1 is 0.795 bits per heavy atom. The summed E-state index contributed by atoms with van der Waals surface area (Å²) in [5.41, 5.74) is 0.625. The SMILES string of the molecule is O=C(O)Cc1ccc(OCCCC2C(O)N(CC(=O)O)CCNCCN(CC(=O)O)CCN2CC(=O)O)cc1. The minimum Gasteiger partial charge on any atom is -0.494 e. The fourth-order valence-corrected chi connectivity index (χ4v) is 4.45. The third kappa shape index (κ3) is 12.4. The van der Waals surface area contributed by atoms with Crippen molar-refractivity contribution < 1.29 is 49.4 Å². The molecule has 2 rings (SSSR count). The van der Waals surface area contributed by atoms with Crippen LogP contribution in [-0.4, -0.2) is 142 Å². The molecule has 0 saturated carbocycles. The summed E-state index contributed by atoms with van der Waals surface area (Å²) in [5, 5.41) is 51.5. The molecular weight excluding hydrogens is 516 g/mol. The summed E-state index contributed by atoms with van der Waals surface area (Å²) in [4.78, 5) is 50.0. The van der Waals surface area contributed by atoms with Gasteiger partial charge in [0, 0.05) is 39.3 Å². The van der Waals surface area contributed by atoms with E-state index in [9.17, 15) is 39.6 Å². The number of nitrogens with one attached hydrogen (secondary N) is 1. The Balaban J connectivity index is 2.17. The molecular formula is C25H38N4O10. The summed E-state index contributed by atoms with van der Waals surface area (Å²) < 4.78 is 5.74. The number of ether oxygens (including phenoxy) is 1. The highest BCUT2D eigenvalue weighted by molar-refractivity contribution is 5.70. The zero-order chi connectivity index (χ0) is 28.8. The Labute approximate surface area is 226 Å². The van der Waals surface area contributed by atoms with Gasteiger partial charge in [0.1, 0.15) is 12.0 Å². The van der Waals surface area contributed by atoms with Crippen LogP contribution in [0, 0.1) is 0 Å². The van der Waals surface area contributed by atoms with E-state index in [1.807, 2.05) is 0 Å². The molecule has 1 aromatic rings. The van der Waals surface area contributed by atoms with Gasteiger partial charge in [0.05, 0.1) is 38.7 Å². The maximum Gasteiger partial charge on any atom is 0.317 e. The van der Waals surface area contributed by atoms with Crippen LogP contribution in [0.2, 0.25) is 0 Å². The molecule has 0 aliphatic carbocycles. The van der Waals surface area contributed by atoms with E-state index in [1.54, 1.807) is 34.1 Å². The average Bonchev–Trinajstić information content (AvgIpc) is 2.84. The molecule has 1 heterocycles. The van der Waals surface area contributed by atoms with Gasteiger partial charge >= 0.3 is 23.9 Å². The first kappa shape index (κ1) is 31.9. The van der Waals surface area contributed by atoms with E-state index < -0.39 is 49.2 Å². The molecule has 14 nitrogen and oxygen atoms in total. The molecule has 14 heteroatoms. The van der Waals surface area contributed by atoms with Crippen molar-refractivity contribution in [3.63, 3.8) is 0 Å². The fraction of sp³-hybridized carbons (Fsp3) is 0.600. The number of benzene rings is 1. The summed E-state index contributed by atoms with van der Waals surface area (Å²) in [6.45, 7) is 0.893. The predicted octanol–water partition coefficient (Wildman–Crippen LogP) is -1.08. The summed E-state index contributed by atoms with van der Waals surface area (Å²) >= 11 is 0. The molecule has 2 unspecified atom stereocenters. The number of carboxylic acid groups (broad SMARTS) is 4. The quantitative estimate of drug-likeness (QED) is 0.161. The van der Waals surface area contributed by atoms with Crippen LogP contribution in [0.15, 0.2) is 24.3 Å². The first-order valence-corrected chi connectivity index (χ1v) is 12.7. The number of aliphatic carboxylic acids is 4. The van der Waals surface area contributed by atoms with Crippen LogP contribution in [0.3, 0.4) is 0 Å². The van der Waals surface area contributed by atoms with Crippen molar-refractivity contribution in [3.05, 3.63) is 29.8 Å². The Kier molecular flexibility index (Phi) is 13.6. The maximum absolute atomic E-state index is 11.7. The lowest BCUT2D eigenvalue weighted by Crippen LogP contribution is -2.57. The second-order valence-electron chi connectivity index (χ2n) is 9.33. The van der Waals surface area contributed by atoms with Gasteiger partial charge in [-0.3, -0.25) is 33.9 Å². The van der Waals surface area contributed by atoms with Gasteiger partial charge in [-0.05, 0) is 30.5 Å². The van der Waals surface area contributed by atoms with Gasteiger partial charge in [-0.1, -0.05) is 12.1 Å². The number of hydrogen-bond acceptors (Lipinski definition) is 10. The molecule has 0 bridgehead atoms. The Bertz CT molecular complexity index is 945. The molecule has 1 aromatic carbocycles. The number of nitrogens with zero attached hydrogens (tertiary/aromatic N) is 3. The fourth-order valence-electron chi connectivity index (χ4n) is 4.45. The number of aliphatic hydroxyl groups excluding tert-OH is 1. The van der Waals surface area contributed by atoms with Crippen LogP contribution in [-0.2, 0) is 25.6 Å². The Morgan fingerprint density at radius 2 is 1.41 bits per heavy atom. The summed E-state index contributed by atoms with van der Waals surface area (Å²) in [6, 6.07) is 5.83. The molecule has 0 radical (unpaired) electrons. The van der Waals surface area contributed by atoms with Gasteiger partial charge < -0.3 is 35.6 Å². The minimum atomic E-state index is -1.30. The van der Waals surface area contributed by atoms with Gasteiger partial charge in [-0.15, -0.1) is 0 Å². The lowest BCUT2D eigenvalue weighted by Gasteiger charge is -2.40. The van der Waals surface area contributed by atoms with Crippen molar-refractivity contribution in [1.29, 1.82) is 0 Å². The minimum absolute atomic E-state index is 0.106. The number of rotatable bonds is 13. The molecule has 1 aliphatic rings. The zero-order valence-corrected chi connectivity index (χ0v) is 21.8. The van der Waals surface area contributed by atoms with E-state index >= 15 is 0 Å². The standard InChI is InChI=1S/C25H38N4O10/c30-21(31)14-18-3-5-19(6-4-18)39-13-1-2-20-25(38)29(17-24(36)37)10-8-26-7-9-27(15-22(32)33)11-12-28(20)16-23(34)35/h3-6,20,25-26,38H,1-2,7-17H2,(H,30,31)(H,32,33)(H,34,35)(H,36,37). The number of hydrogen-bond donors (Lipinski definition) is 6. The van der Waals surface area contributed by atoms with E-state index in [4.69, 9.17) is 9.84 Å². The summed E-state index contributed by atoms with van der Waals surface area (Å²) in [7, 11) is 0. The highest BCUT2D eigenvalue weighted by Gasteiger charge is 2.33. The van der Waals surface area contributed by atoms with Gasteiger partial charge in [0.25, 0.3) is 0 Å². The number of aliphatic hydroxyl groups is 1. The molecule has 1 aliphatic heterocycles. The van der Waals surface area contributed by atoms with Crippen molar-refractivity contribution in [2.75, 3.05) is 65.5 Å². The number of carbonyl (C=O) groups is 4. The van der Waals surface area contributed by atoms with E-state index in [0.717, 1.165) is 0 Å². The van der Waals surface area contributed by atoms with Crippen LogP contribution in [0.4, 0.5) is 0 Å². The summed E-state index contributed by atoms with van der Waals surface area (Å²) in [5.74, 6) is -3.69. The molecule has 39 heavy (non-hydrogen) atoms. The van der Waals surface area contributed by atoms with Crippen molar-refractivity contribution in [1.82, 2.24) is 20.0 Å². The topological polar surface area (TPSA) is 200 Å². The molecule has 0 aromatic heterocycles. The van der Waals surface area contributed by atoms with Gasteiger partial charge in [-0.2, -0.15) is 0 Å². The zero-order valence-electron chi connectivity index (χ0n) is 21.8. The second-order valence-corrected chi connectivity index (χ2v) is 9.33. The first-order valence-electron chi connectivity index (χ1n) is 12.7. The Hall–Kier alpha value is -3.30. The third-order valence-electron chi connectivity index (χ3n) is 6.30. The van der Waals surface area contributed by atoms with Crippen LogP contribution >= 0.6 is 0 Å². The summed E-state index contributed by atoms with van der Waals surface area (Å²) in [6.07, 6.45) is -0.739. The second kappa shape index (κ2) is 16.6. The molecule has 218 valence electrons. The molecule has 1 saturated heterocycles. The number of carboxylic acids is 4. The largest absolute Gasteiger partial charge is 0.494 e. The van der Waals surface area contributed by atoms with Crippen molar-refractivity contribution >= 4 is 23.9 Å². The van der Waals surface area contributed by atoms with Crippen molar-refractivity contribution in [3.8, 4) is 5.75 Å². The Morgan fingerprint density at radius 3 is 2.03 bits per heavy atom. The van der Waals surface area contributed by atoms with Crippen LogP contribution in [0.25, 0.3) is 0 Å². The normalized spacial score (nSPS) is 20.4. The highest BCUT2D eigenvalue weighted by atomic mass is 16.5. The van der Waals surface area contributed by atoms with Crippen molar-refractivity contribution in [2.45, 2.75) is 31.5 Å². The molecule has 1 fully saturated rings. The third-order valence-corrected chi connectivity index (χ3v) is 6.30. The molecule has 0 spiro atoms.